The van der Waals surface area contributed by atoms with Gasteiger partial charge in [0.05, 0.1) is 24.2 Å². The molecular weight excluding hydrogens is 414 g/mol. The molecule has 6 nitrogen and oxygen atoms in total. The second kappa shape index (κ2) is 10.2. The van der Waals surface area contributed by atoms with Crippen molar-refractivity contribution in [3.8, 4) is 11.5 Å². The predicted octanol–water partition coefficient (Wildman–Crippen LogP) is 5.71. The lowest BCUT2D eigenvalue weighted by Crippen LogP contribution is -2.12. The minimum Gasteiger partial charge on any atom is -0.490 e. The highest BCUT2D eigenvalue weighted by Crippen LogP contribution is 2.29. The number of nitrogens with one attached hydrogen (secondary N) is 2. The third-order valence-corrected chi connectivity index (χ3v) is 5.33. The molecule has 33 heavy (non-hydrogen) atoms. The molecule has 2 N–H and O–H groups in total. The van der Waals surface area contributed by atoms with Gasteiger partial charge >= 0.3 is 0 Å². The third kappa shape index (κ3) is 5.52. The van der Waals surface area contributed by atoms with E-state index in [0.29, 0.717) is 30.3 Å². The van der Waals surface area contributed by atoms with Crippen LogP contribution in [0.25, 0.3) is 11.0 Å². The lowest BCUT2D eigenvalue weighted by Gasteiger charge is -2.13. The summed E-state index contributed by atoms with van der Waals surface area (Å²) in [7, 11) is 0. The Hall–Kier alpha value is -3.80. The molecule has 0 aliphatic carbocycles. The third-order valence-electron chi connectivity index (χ3n) is 5.33. The number of aryl methyl sites for hydroxylation is 3. The van der Waals surface area contributed by atoms with Gasteiger partial charge in [0, 0.05) is 17.7 Å². The van der Waals surface area contributed by atoms with E-state index < -0.39 is 0 Å². The highest BCUT2D eigenvalue weighted by molar-refractivity contribution is 6.04. The summed E-state index contributed by atoms with van der Waals surface area (Å²) in [5.41, 5.74) is 5.66. The number of carbonyl (C=O) groups is 1. The van der Waals surface area contributed by atoms with E-state index in [1.54, 1.807) is 18.2 Å². The molecule has 4 rings (SSSR count). The molecule has 0 spiro atoms. The maximum Gasteiger partial charge on any atom is 0.255 e. The van der Waals surface area contributed by atoms with E-state index in [-0.39, 0.29) is 5.91 Å². The van der Waals surface area contributed by atoms with Crippen molar-refractivity contribution < 1.29 is 14.3 Å². The fourth-order valence-electron chi connectivity index (χ4n) is 3.76. The fraction of sp³-hybridized carbons (Fsp3) is 0.259. The van der Waals surface area contributed by atoms with Crippen LogP contribution in [0.4, 0.5) is 5.69 Å². The molecule has 0 saturated carbocycles. The number of anilines is 1. The van der Waals surface area contributed by atoms with Crippen LogP contribution in [0.1, 0.15) is 41.2 Å². The normalized spacial score (nSPS) is 10.9. The number of H-pyrrole nitrogens is 1. The van der Waals surface area contributed by atoms with Crippen molar-refractivity contribution in [3.05, 3.63) is 83.2 Å². The molecule has 0 saturated heterocycles. The van der Waals surface area contributed by atoms with E-state index in [0.717, 1.165) is 41.0 Å². The number of aromatic amines is 1. The molecule has 1 heterocycles. The number of imidazole rings is 1. The Bertz CT molecular complexity index is 1260. The van der Waals surface area contributed by atoms with Crippen LogP contribution in [0.15, 0.2) is 60.7 Å². The first-order chi connectivity index (χ1) is 16.1. The van der Waals surface area contributed by atoms with Crippen LogP contribution in [0.5, 0.6) is 11.5 Å². The fourth-order valence-corrected chi connectivity index (χ4v) is 3.76. The van der Waals surface area contributed by atoms with Gasteiger partial charge in [0.2, 0.25) is 0 Å². The van der Waals surface area contributed by atoms with E-state index in [1.807, 2.05) is 38.1 Å². The summed E-state index contributed by atoms with van der Waals surface area (Å²) >= 11 is 0. The molecule has 170 valence electrons. The van der Waals surface area contributed by atoms with Gasteiger partial charge in [0.25, 0.3) is 5.91 Å². The minimum atomic E-state index is -0.191. The lowest BCUT2D eigenvalue weighted by atomic mass is 10.1. The van der Waals surface area contributed by atoms with E-state index in [2.05, 4.69) is 40.4 Å². The monoisotopic (exact) mass is 443 g/mol. The highest BCUT2D eigenvalue weighted by Gasteiger charge is 2.12. The van der Waals surface area contributed by atoms with Gasteiger partial charge in [-0.25, -0.2) is 4.98 Å². The van der Waals surface area contributed by atoms with Crippen molar-refractivity contribution in [3.63, 3.8) is 0 Å². The molecule has 0 unspecified atom stereocenters. The summed E-state index contributed by atoms with van der Waals surface area (Å²) in [6, 6.07) is 19.4. The van der Waals surface area contributed by atoms with Crippen LogP contribution in [-0.2, 0) is 12.8 Å². The van der Waals surface area contributed by atoms with Crippen LogP contribution >= 0.6 is 0 Å². The van der Waals surface area contributed by atoms with Gasteiger partial charge < -0.3 is 19.8 Å². The Balaban J connectivity index is 1.43. The van der Waals surface area contributed by atoms with Gasteiger partial charge in [0.15, 0.2) is 11.5 Å². The zero-order valence-electron chi connectivity index (χ0n) is 19.3. The van der Waals surface area contributed by atoms with Crippen LogP contribution in [-0.4, -0.2) is 29.1 Å². The van der Waals surface area contributed by atoms with Crippen LogP contribution < -0.4 is 14.8 Å². The van der Waals surface area contributed by atoms with E-state index >= 15 is 0 Å². The maximum atomic E-state index is 12.8. The average molecular weight is 444 g/mol. The molecule has 0 fully saturated rings. The van der Waals surface area contributed by atoms with Gasteiger partial charge in [-0.1, -0.05) is 18.2 Å². The van der Waals surface area contributed by atoms with Crippen molar-refractivity contribution in [2.45, 2.75) is 33.6 Å². The highest BCUT2D eigenvalue weighted by atomic mass is 16.5. The molecular formula is C27H29N3O3. The summed E-state index contributed by atoms with van der Waals surface area (Å²) in [6.07, 6.45) is 1.61. The number of fused-ring (bicyclic) bond motifs is 1. The van der Waals surface area contributed by atoms with Crippen LogP contribution in [0, 0.1) is 6.92 Å². The molecule has 1 aromatic heterocycles. The number of hydrogen-bond donors (Lipinski definition) is 2. The maximum absolute atomic E-state index is 12.8. The Morgan fingerprint density at radius 2 is 1.76 bits per heavy atom. The Labute approximate surface area is 194 Å². The molecule has 0 aliphatic heterocycles. The van der Waals surface area contributed by atoms with Crippen molar-refractivity contribution in [2.24, 2.45) is 0 Å². The molecule has 0 radical (unpaired) electrons. The van der Waals surface area contributed by atoms with E-state index in [1.165, 1.54) is 5.56 Å². The molecule has 0 atom stereocenters. The molecule has 4 aromatic rings. The summed E-state index contributed by atoms with van der Waals surface area (Å²) in [5, 5.41) is 2.99. The largest absolute Gasteiger partial charge is 0.490 e. The number of aromatic nitrogens is 2. The summed E-state index contributed by atoms with van der Waals surface area (Å²) < 4.78 is 11.2. The van der Waals surface area contributed by atoms with Crippen molar-refractivity contribution in [2.75, 3.05) is 18.5 Å². The predicted molar refractivity (Wildman–Crippen MR) is 131 cm³/mol. The standard InChI is InChI=1S/C27H29N3O3/c1-4-32-24-13-11-20(17-25(24)33-5-2)27(31)28-21-8-6-7-19(16-21)10-14-26-29-22-12-9-18(3)15-23(22)30-26/h6-9,11-13,15-17H,4-5,10,14H2,1-3H3,(H,28,31)(H,29,30). The van der Waals surface area contributed by atoms with Gasteiger partial charge in [-0.3, -0.25) is 4.79 Å². The topological polar surface area (TPSA) is 76.2 Å². The van der Waals surface area contributed by atoms with Gasteiger partial charge in [-0.15, -0.1) is 0 Å². The summed E-state index contributed by atoms with van der Waals surface area (Å²) in [6.45, 7) is 6.92. The SMILES string of the molecule is CCOc1ccc(C(=O)Nc2cccc(CCc3nc4ccc(C)cc4[nH]3)c2)cc1OCC. The Morgan fingerprint density at radius 1 is 0.939 bits per heavy atom. The van der Waals surface area contributed by atoms with Gasteiger partial charge in [0.1, 0.15) is 5.82 Å². The number of rotatable bonds is 9. The quantitative estimate of drug-likeness (QED) is 0.348. The van der Waals surface area contributed by atoms with E-state index in [4.69, 9.17) is 9.47 Å². The van der Waals surface area contributed by atoms with Crippen molar-refractivity contribution >= 4 is 22.6 Å². The second-order valence-corrected chi connectivity index (χ2v) is 7.89. The van der Waals surface area contributed by atoms with Gasteiger partial charge in [-0.05, 0) is 80.8 Å². The first-order valence-corrected chi connectivity index (χ1v) is 11.3. The first kappa shape index (κ1) is 22.4. The average Bonchev–Trinajstić information content (AvgIpc) is 3.21. The Morgan fingerprint density at radius 3 is 2.58 bits per heavy atom. The molecule has 0 bridgehead atoms. The minimum absolute atomic E-state index is 0.191. The lowest BCUT2D eigenvalue weighted by molar-refractivity contribution is 0.102. The number of nitrogens with zero attached hydrogens (tertiary/aromatic N) is 1. The van der Waals surface area contributed by atoms with Crippen molar-refractivity contribution in [1.29, 1.82) is 0 Å². The van der Waals surface area contributed by atoms with Crippen LogP contribution in [0.3, 0.4) is 0 Å². The Kier molecular flexibility index (Phi) is 6.93. The summed E-state index contributed by atoms with van der Waals surface area (Å²) in [4.78, 5) is 20.9. The number of hydrogen-bond acceptors (Lipinski definition) is 4. The number of benzene rings is 3. The number of ether oxygens (including phenoxy) is 2. The zero-order valence-corrected chi connectivity index (χ0v) is 19.3. The molecule has 3 aromatic carbocycles. The smallest absolute Gasteiger partial charge is 0.255 e. The second-order valence-electron chi connectivity index (χ2n) is 7.89. The molecule has 0 aliphatic rings. The van der Waals surface area contributed by atoms with Crippen LogP contribution in [0.2, 0.25) is 0 Å². The summed E-state index contributed by atoms with van der Waals surface area (Å²) in [5.74, 6) is 1.98. The molecule has 1 amide bonds. The van der Waals surface area contributed by atoms with E-state index in [9.17, 15) is 4.79 Å². The first-order valence-electron chi connectivity index (χ1n) is 11.3. The number of carbonyl (C=O) groups excluding carboxylic acids is 1. The number of amides is 1. The van der Waals surface area contributed by atoms with Gasteiger partial charge in [-0.2, -0.15) is 0 Å². The van der Waals surface area contributed by atoms with Crippen molar-refractivity contribution in [1.82, 2.24) is 9.97 Å². The molecule has 6 heteroatoms. The zero-order chi connectivity index (χ0) is 23.2.